The number of aliphatic hydroxyl groups is 1. The molecule has 5 nitrogen and oxygen atoms in total. The second-order valence-electron chi connectivity index (χ2n) is 8.33. The van der Waals surface area contributed by atoms with E-state index in [2.05, 4.69) is 11.0 Å². The van der Waals surface area contributed by atoms with Gasteiger partial charge < -0.3 is 19.3 Å². The van der Waals surface area contributed by atoms with Crippen LogP contribution in [0.25, 0.3) is 0 Å². The van der Waals surface area contributed by atoms with Gasteiger partial charge in [-0.3, -0.25) is 4.90 Å². The number of fused-ring (bicyclic) bond motifs is 2. The molecule has 2 aliphatic rings. The van der Waals surface area contributed by atoms with E-state index in [0.717, 1.165) is 36.3 Å². The minimum absolute atomic E-state index is 0.272. The predicted molar refractivity (Wildman–Crippen MR) is 112 cm³/mol. The SMILES string of the molecule is COCCOc1ccc(CN2[C@@H]3CC[C@@H]2CC(O)(c2ccc(F)cc2)C3)cc1OC. The summed E-state index contributed by atoms with van der Waals surface area (Å²) in [7, 11) is 3.30. The van der Waals surface area contributed by atoms with Crippen molar-refractivity contribution in [2.24, 2.45) is 0 Å². The van der Waals surface area contributed by atoms with Crippen LogP contribution in [0, 0.1) is 5.82 Å². The normalized spacial score (nSPS) is 26.0. The third kappa shape index (κ3) is 4.31. The van der Waals surface area contributed by atoms with Crippen LogP contribution in [-0.2, 0) is 16.9 Å². The molecule has 0 radical (unpaired) electrons. The Bertz CT molecular complexity index is 843. The maximum atomic E-state index is 13.3. The van der Waals surface area contributed by atoms with Gasteiger partial charge >= 0.3 is 0 Å². The first kappa shape index (κ1) is 21.1. The summed E-state index contributed by atoms with van der Waals surface area (Å²) in [5.41, 5.74) is 1.10. The molecule has 2 saturated heterocycles. The fourth-order valence-electron chi connectivity index (χ4n) is 4.95. The zero-order chi connectivity index (χ0) is 21.1. The summed E-state index contributed by atoms with van der Waals surface area (Å²) in [6, 6.07) is 13.0. The molecule has 0 amide bonds. The molecule has 30 heavy (non-hydrogen) atoms. The van der Waals surface area contributed by atoms with Gasteiger partial charge in [-0.25, -0.2) is 4.39 Å². The monoisotopic (exact) mass is 415 g/mol. The molecule has 2 heterocycles. The van der Waals surface area contributed by atoms with E-state index in [0.29, 0.717) is 43.9 Å². The lowest BCUT2D eigenvalue weighted by atomic mass is 9.80. The fourth-order valence-corrected chi connectivity index (χ4v) is 4.95. The average Bonchev–Trinajstić information content (AvgIpc) is 2.99. The van der Waals surface area contributed by atoms with Crippen molar-refractivity contribution in [2.45, 2.75) is 49.9 Å². The molecule has 1 N–H and O–H groups in total. The molecule has 0 aliphatic carbocycles. The Balaban J connectivity index is 1.46. The van der Waals surface area contributed by atoms with Gasteiger partial charge in [-0.2, -0.15) is 0 Å². The molecule has 4 rings (SSSR count). The van der Waals surface area contributed by atoms with Crippen LogP contribution in [0.5, 0.6) is 11.5 Å². The Kier molecular flexibility index (Phi) is 6.27. The van der Waals surface area contributed by atoms with Crippen molar-refractivity contribution in [3.05, 3.63) is 59.4 Å². The number of piperidine rings is 1. The summed E-state index contributed by atoms with van der Waals surface area (Å²) in [5.74, 6) is 1.16. The van der Waals surface area contributed by atoms with Crippen LogP contribution in [0.2, 0.25) is 0 Å². The Morgan fingerprint density at radius 1 is 1.00 bits per heavy atom. The molecule has 2 aromatic carbocycles. The number of nitrogens with zero attached hydrogens (tertiary/aromatic N) is 1. The molecule has 0 saturated carbocycles. The van der Waals surface area contributed by atoms with E-state index in [9.17, 15) is 9.50 Å². The Labute approximate surface area is 177 Å². The van der Waals surface area contributed by atoms with E-state index < -0.39 is 5.60 Å². The maximum absolute atomic E-state index is 13.3. The number of halogens is 1. The van der Waals surface area contributed by atoms with Crippen molar-refractivity contribution in [1.82, 2.24) is 4.90 Å². The van der Waals surface area contributed by atoms with E-state index in [1.807, 2.05) is 12.1 Å². The zero-order valence-corrected chi connectivity index (χ0v) is 17.6. The van der Waals surface area contributed by atoms with Crippen LogP contribution >= 0.6 is 0 Å². The third-order valence-corrected chi connectivity index (χ3v) is 6.44. The lowest BCUT2D eigenvalue weighted by Crippen LogP contribution is -2.49. The molecule has 0 aromatic heterocycles. The second kappa shape index (κ2) is 8.92. The van der Waals surface area contributed by atoms with Crippen LogP contribution in [0.4, 0.5) is 4.39 Å². The molecule has 162 valence electrons. The van der Waals surface area contributed by atoms with Gasteiger partial charge in [0.15, 0.2) is 11.5 Å². The van der Waals surface area contributed by atoms with Crippen molar-refractivity contribution in [3.8, 4) is 11.5 Å². The quantitative estimate of drug-likeness (QED) is 0.664. The fraction of sp³-hybridized carbons (Fsp3) is 0.500. The molecule has 2 aliphatic heterocycles. The lowest BCUT2D eigenvalue weighted by molar-refractivity contribution is -0.0595. The first-order valence-corrected chi connectivity index (χ1v) is 10.6. The molecule has 2 bridgehead atoms. The second-order valence-corrected chi connectivity index (χ2v) is 8.33. The van der Waals surface area contributed by atoms with Crippen LogP contribution in [0.3, 0.4) is 0 Å². The van der Waals surface area contributed by atoms with Crippen LogP contribution in [0.1, 0.15) is 36.8 Å². The summed E-state index contributed by atoms with van der Waals surface area (Å²) in [4.78, 5) is 2.50. The molecule has 6 heteroatoms. The van der Waals surface area contributed by atoms with Crippen molar-refractivity contribution in [2.75, 3.05) is 27.4 Å². The summed E-state index contributed by atoms with van der Waals surface area (Å²) in [6.45, 7) is 1.81. The average molecular weight is 416 g/mol. The smallest absolute Gasteiger partial charge is 0.161 e. The Hall–Kier alpha value is -2.15. The van der Waals surface area contributed by atoms with Crippen molar-refractivity contribution in [1.29, 1.82) is 0 Å². The number of benzene rings is 2. The lowest BCUT2D eigenvalue weighted by Gasteiger charge is -2.44. The van der Waals surface area contributed by atoms with Gasteiger partial charge in [0.1, 0.15) is 12.4 Å². The largest absolute Gasteiger partial charge is 0.493 e. The number of methoxy groups -OCH3 is 2. The summed E-state index contributed by atoms with van der Waals surface area (Å²) < 4.78 is 29.6. The maximum Gasteiger partial charge on any atom is 0.161 e. The number of hydrogen-bond donors (Lipinski definition) is 1. The van der Waals surface area contributed by atoms with Crippen molar-refractivity contribution >= 4 is 0 Å². The van der Waals surface area contributed by atoms with Crippen LogP contribution in [-0.4, -0.2) is 49.5 Å². The summed E-state index contributed by atoms with van der Waals surface area (Å²) in [5, 5.41) is 11.3. The van der Waals surface area contributed by atoms with E-state index >= 15 is 0 Å². The van der Waals surface area contributed by atoms with Gasteiger partial charge in [0.05, 0.1) is 19.3 Å². The minimum Gasteiger partial charge on any atom is -0.493 e. The van der Waals surface area contributed by atoms with Gasteiger partial charge in [0.2, 0.25) is 0 Å². The molecular weight excluding hydrogens is 385 g/mol. The highest BCUT2D eigenvalue weighted by molar-refractivity contribution is 5.43. The summed E-state index contributed by atoms with van der Waals surface area (Å²) >= 11 is 0. The molecular formula is C24H30FNO4. The van der Waals surface area contributed by atoms with Crippen LogP contribution in [0.15, 0.2) is 42.5 Å². The van der Waals surface area contributed by atoms with Gasteiger partial charge in [-0.1, -0.05) is 18.2 Å². The Morgan fingerprint density at radius 2 is 1.70 bits per heavy atom. The van der Waals surface area contributed by atoms with Gasteiger partial charge in [-0.15, -0.1) is 0 Å². The van der Waals surface area contributed by atoms with E-state index in [1.54, 1.807) is 26.4 Å². The van der Waals surface area contributed by atoms with Gasteiger partial charge in [0, 0.05) is 25.7 Å². The highest BCUT2D eigenvalue weighted by atomic mass is 19.1. The predicted octanol–water partition coefficient (Wildman–Crippen LogP) is 3.87. The minimum atomic E-state index is -0.882. The molecule has 2 atom stereocenters. The number of hydrogen-bond acceptors (Lipinski definition) is 5. The van der Waals surface area contributed by atoms with E-state index in [-0.39, 0.29) is 5.82 Å². The van der Waals surface area contributed by atoms with Crippen molar-refractivity contribution in [3.63, 3.8) is 0 Å². The standard InChI is InChI=1S/C24H30FNO4/c1-28-11-12-30-22-10-3-17(13-23(22)29-2)16-26-20-8-9-21(26)15-24(27,14-20)18-4-6-19(25)7-5-18/h3-7,10,13,20-21,27H,8-9,11-12,14-16H2,1-2H3/t20-,21-/m1/s1. The number of rotatable bonds is 8. The topological polar surface area (TPSA) is 51.2 Å². The van der Waals surface area contributed by atoms with Crippen LogP contribution < -0.4 is 9.47 Å². The highest BCUT2D eigenvalue weighted by Crippen LogP contribution is 2.46. The van der Waals surface area contributed by atoms with Gasteiger partial charge in [0.25, 0.3) is 0 Å². The highest BCUT2D eigenvalue weighted by Gasteiger charge is 2.48. The first-order chi connectivity index (χ1) is 14.5. The Morgan fingerprint density at radius 3 is 2.33 bits per heavy atom. The number of ether oxygens (including phenoxy) is 3. The molecule has 2 fully saturated rings. The van der Waals surface area contributed by atoms with Gasteiger partial charge in [-0.05, 0) is 61.1 Å². The zero-order valence-electron chi connectivity index (χ0n) is 17.6. The molecule has 0 spiro atoms. The van der Waals surface area contributed by atoms with Crippen molar-refractivity contribution < 1.29 is 23.7 Å². The molecule has 0 unspecified atom stereocenters. The summed E-state index contributed by atoms with van der Waals surface area (Å²) in [6.07, 6.45) is 3.49. The third-order valence-electron chi connectivity index (χ3n) is 6.44. The van der Waals surface area contributed by atoms with E-state index in [1.165, 1.54) is 12.1 Å². The van der Waals surface area contributed by atoms with E-state index in [4.69, 9.17) is 14.2 Å². The molecule has 2 aromatic rings. The first-order valence-electron chi connectivity index (χ1n) is 10.6.